The van der Waals surface area contributed by atoms with Gasteiger partial charge < -0.3 is 47.5 Å². The van der Waals surface area contributed by atoms with Gasteiger partial charge in [0.1, 0.15) is 40.5 Å². The number of nitriles is 1. The van der Waals surface area contributed by atoms with Crippen LogP contribution in [0, 0.1) is 11.3 Å². The molecule has 2 aromatic heterocycles. The highest BCUT2D eigenvalue weighted by atomic mass is 35.5. The fourth-order valence-corrected chi connectivity index (χ4v) is 8.17. The number of fused-ring (bicyclic) bond motifs is 2. The number of para-hydroxylation sites is 2. The SMILES string of the molecule is C[C@H](N)c1nc2cccc(Cl)c2c(=O)n1-c1ccccc1.C[C@H](NC(=O)OC(C)(C)C)C(=O)O.C[C@H](NC(=O)OC(C)(C)C)c1nc2cccc(Cl)c2c(=O)n1-c1ccccc1.N#Cc1c(N)cccc1Cl.Nc1cccc(Cl)c1C(=O)O. The smallest absolute Gasteiger partial charge is 0.408 e. The summed E-state index contributed by atoms with van der Waals surface area (Å²) in [7, 11) is 0. The largest absolute Gasteiger partial charge is 0.480 e. The Balaban J connectivity index is 0.000000237. The second-order valence-corrected chi connectivity index (χ2v) is 21.5. The number of hydrogen-bond acceptors (Lipinski definition) is 14. The van der Waals surface area contributed by atoms with Gasteiger partial charge in [-0.25, -0.2) is 24.4 Å². The Morgan fingerprint density at radius 1 is 0.578 bits per heavy atom. The summed E-state index contributed by atoms with van der Waals surface area (Å²) in [6, 6.07) is 38.4. The Bertz CT molecular complexity index is 3730. The summed E-state index contributed by atoms with van der Waals surface area (Å²) in [6.45, 7) is 15.4. The number of ether oxygens (including phenoxy) is 2. The summed E-state index contributed by atoms with van der Waals surface area (Å²) in [5.41, 5.74) is 18.4. The predicted octanol–water partition coefficient (Wildman–Crippen LogP) is 12.1. The van der Waals surface area contributed by atoms with Crippen molar-refractivity contribution in [1.82, 2.24) is 29.7 Å². The number of carboxylic acid groups (broad SMARTS) is 2. The molecule has 20 nitrogen and oxygen atoms in total. The van der Waals surface area contributed by atoms with E-state index in [9.17, 15) is 28.8 Å². The first-order valence-corrected chi connectivity index (χ1v) is 26.6. The number of aromatic carboxylic acids is 1. The lowest BCUT2D eigenvalue weighted by Crippen LogP contribution is -2.41. The van der Waals surface area contributed by atoms with Crippen LogP contribution in [0.5, 0.6) is 0 Å². The molecule has 0 radical (unpaired) electrons. The number of carbonyl (C=O) groups is 4. The Morgan fingerprint density at radius 3 is 1.35 bits per heavy atom. The molecule has 2 heterocycles. The minimum atomic E-state index is -1.10. The number of alkyl carbamates (subject to hydrolysis) is 2. The van der Waals surface area contributed by atoms with Crippen molar-refractivity contribution in [2.24, 2.45) is 5.73 Å². The van der Waals surface area contributed by atoms with Crippen LogP contribution in [0.2, 0.25) is 20.1 Å². The molecule has 3 atom stereocenters. The van der Waals surface area contributed by atoms with Gasteiger partial charge in [-0.15, -0.1) is 0 Å². The molecule has 8 aromatic rings. The fourth-order valence-electron chi connectivity index (χ4n) is 7.18. The minimum absolute atomic E-state index is 0.0332. The molecular weight excluding hydrogens is 1150 g/mol. The average molecular weight is 1210 g/mol. The Hall–Kier alpha value is -8.71. The van der Waals surface area contributed by atoms with Gasteiger partial charge in [0, 0.05) is 5.69 Å². The van der Waals surface area contributed by atoms with Gasteiger partial charge in [0.05, 0.1) is 76.6 Å². The third-order valence-corrected chi connectivity index (χ3v) is 12.1. The average Bonchev–Trinajstić information content (AvgIpc) is 3.60. The molecule has 2 amide bonds. The maximum Gasteiger partial charge on any atom is 0.408 e. The number of carbonyl (C=O) groups excluding carboxylic acids is 2. The number of aromatic nitrogens is 4. The summed E-state index contributed by atoms with van der Waals surface area (Å²) < 4.78 is 13.2. The highest BCUT2D eigenvalue weighted by Crippen LogP contribution is 2.26. The number of nitrogens with zero attached hydrogens (tertiary/aromatic N) is 5. The number of nitrogens with one attached hydrogen (secondary N) is 2. The number of nitrogen functional groups attached to an aromatic ring is 2. The van der Waals surface area contributed by atoms with E-state index >= 15 is 0 Å². The zero-order valence-corrected chi connectivity index (χ0v) is 49.6. The second-order valence-electron chi connectivity index (χ2n) is 19.8. The zero-order valence-electron chi connectivity index (χ0n) is 46.6. The third kappa shape index (κ3) is 19.2. The van der Waals surface area contributed by atoms with Gasteiger partial charge in [0.2, 0.25) is 0 Å². The van der Waals surface area contributed by atoms with Gasteiger partial charge >= 0.3 is 24.1 Å². The molecule has 0 saturated carbocycles. The molecule has 0 aliphatic carbocycles. The lowest BCUT2D eigenvalue weighted by Gasteiger charge is -2.23. The molecule has 436 valence electrons. The van der Waals surface area contributed by atoms with Crippen molar-refractivity contribution in [3.63, 3.8) is 0 Å². The van der Waals surface area contributed by atoms with Gasteiger partial charge in [-0.3, -0.25) is 23.5 Å². The maximum atomic E-state index is 13.3. The molecule has 0 unspecified atom stereocenters. The molecule has 0 spiro atoms. The molecule has 8 rings (SSSR count). The predicted molar refractivity (Wildman–Crippen MR) is 325 cm³/mol. The first-order chi connectivity index (χ1) is 38.9. The standard InChI is InChI=1S/C21H22ClN3O3.C16H14ClN3O.C8H15NO4.C7H5ClN2.C7H6ClNO2/c1-13(23-20(27)28-21(2,3)4)18-24-16-12-8-11-15(22)17(16)19(26)25(18)14-9-6-5-7-10-14;1-10(18)15-19-13-9-5-8-12(17)14(13)16(21)20(15)11-6-3-2-4-7-11;1-5(6(10)11)9-7(12)13-8(2,3)4;8-6-2-1-3-7(10)5(6)4-9;8-4-2-1-3-5(9)6(4)7(10)11/h5-13H,1-4H3,(H,23,27);2-10H,18H2,1H3;5H,1-4H3,(H,9,12)(H,10,11);1-3H,10H2;1-3H,9H2,(H,10,11)/t13-;10-;5-;;/m000../s1. The van der Waals surface area contributed by atoms with Crippen LogP contribution < -0.4 is 39.0 Å². The lowest BCUT2D eigenvalue weighted by molar-refractivity contribution is -0.139. The summed E-state index contributed by atoms with van der Waals surface area (Å²) >= 11 is 23.6. The number of aliphatic carboxylic acids is 1. The molecule has 0 aliphatic rings. The van der Waals surface area contributed by atoms with Gasteiger partial charge in [-0.05, 0) is 135 Å². The van der Waals surface area contributed by atoms with Crippen molar-refractivity contribution < 1.29 is 38.9 Å². The number of rotatable bonds is 8. The van der Waals surface area contributed by atoms with E-state index < -0.39 is 47.4 Å². The number of amides is 2. The maximum absolute atomic E-state index is 13.3. The molecule has 0 bridgehead atoms. The molecule has 83 heavy (non-hydrogen) atoms. The van der Waals surface area contributed by atoms with Crippen LogP contribution in [-0.4, -0.2) is 70.7 Å². The molecular formula is C59H62Cl4N10O10. The van der Waals surface area contributed by atoms with Crippen LogP contribution in [0.15, 0.2) is 143 Å². The van der Waals surface area contributed by atoms with E-state index in [0.29, 0.717) is 65.5 Å². The van der Waals surface area contributed by atoms with Crippen molar-refractivity contribution in [1.29, 1.82) is 5.26 Å². The summed E-state index contributed by atoms with van der Waals surface area (Å²) in [6.07, 6.45) is -1.30. The molecule has 0 aliphatic heterocycles. The Morgan fingerprint density at radius 2 is 0.976 bits per heavy atom. The third-order valence-electron chi connectivity index (χ3n) is 10.8. The van der Waals surface area contributed by atoms with Crippen molar-refractivity contribution >= 4 is 104 Å². The number of carboxylic acids is 2. The van der Waals surface area contributed by atoms with E-state index in [0.717, 1.165) is 5.69 Å². The zero-order chi connectivity index (χ0) is 62.1. The molecule has 0 fully saturated rings. The summed E-state index contributed by atoms with van der Waals surface area (Å²) in [4.78, 5) is 79.3. The topological polar surface area (TPSA) is 323 Å². The van der Waals surface area contributed by atoms with Crippen LogP contribution in [0.3, 0.4) is 0 Å². The minimum Gasteiger partial charge on any atom is -0.480 e. The molecule has 10 N–H and O–H groups in total. The van der Waals surface area contributed by atoms with E-state index in [1.807, 2.05) is 54.6 Å². The highest BCUT2D eigenvalue weighted by molar-refractivity contribution is 6.36. The van der Waals surface area contributed by atoms with Crippen LogP contribution in [0.1, 0.15) is 102 Å². The fraction of sp³-hybridized carbons (Fsp3) is 0.237. The van der Waals surface area contributed by atoms with E-state index in [-0.39, 0.29) is 33.4 Å². The second kappa shape index (κ2) is 29.8. The molecule has 6 aromatic carbocycles. The van der Waals surface area contributed by atoms with E-state index in [4.69, 9.17) is 88.6 Å². The number of anilines is 2. The Labute approximate surface area is 498 Å². The van der Waals surface area contributed by atoms with E-state index in [1.54, 1.807) is 128 Å². The van der Waals surface area contributed by atoms with Crippen LogP contribution in [-0.2, 0) is 14.3 Å². The van der Waals surface area contributed by atoms with Crippen LogP contribution >= 0.6 is 46.4 Å². The number of halogens is 4. The molecule has 24 heteroatoms. The van der Waals surface area contributed by atoms with Crippen molar-refractivity contribution in [2.75, 3.05) is 11.5 Å². The van der Waals surface area contributed by atoms with Gasteiger partial charge in [0.15, 0.2) is 0 Å². The first-order valence-electron chi connectivity index (χ1n) is 25.1. The van der Waals surface area contributed by atoms with E-state index in [1.165, 1.54) is 28.2 Å². The van der Waals surface area contributed by atoms with E-state index in [2.05, 4.69) is 20.6 Å². The summed E-state index contributed by atoms with van der Waals surface area (Å²) in [5, 5.41) is 32.5. The van der Waals surface area contributed by atoms with Crippen LogP contribution in [0.25, 0.3) is 33.2 Å². The quantitative estimate of drug-likeness (QED) is 0.0695. The van der Waals surface area contributed by atoms with Crippen LogP contribution in [0.4, 0.5) is 21.0 Å². The number of hydrogen-bond donors (Lipinski definition) is 7. The lowest BCUT2D eigenvalue weighted by atomic mass is 10.2. The number of benzene rings is 6. The van der Waals surface area contributed by atoms with Crippen molar-refractivity contribution in [2.45, 2.75) is 91.6 Å². The normalized spacial score (nSPS) is 11.8. The first kappa shape index (κ1) is 66.8. The number of nitrogens with two attached hydrogens (primary N) is 3. The van der Waals surface area contributed by atoms with Gasteiger partial charge in [0.25, 0.3) is 11.1 Å². The van der Waals surface area contributed by atoms with Crippen molar-refractivity contribution in [3.8, 4) is 17.4 Å². The Kier molecular flexibility index (Phi) is 24.0. The highest BCUT2D eigenvalue weighted by Gasteiger charge is 2.24. The monoisotopic (exact) mass is 1210 g/mol. The van der Waals surface area contributed by atoms with Gasteiger partial charge in [-0.2, -0.15) is 5.26 Å². The van der Waals surface area contributed by atoms with Crippen molar-refractivity contribution in [3.05, 3.63) is 197 Å². The van der Waals surface area contributed by atoms with Gasteiger partial charge in [-0.1, -0.05) is 107 Å². The summed E-state index contributed by atoms with van der Waals surface area (Å²) in [5.74, 6) is -1.29. The molecule has 0 saturated heterocycles.